The van der Waals surface area contributed by atoms with E-state index in [-0.39, 0.29) is 22.9 Å². The lowest BCUT2D eigenvalue weighted by molar-refractivity contribution is -0.138. The van der Waals surface area contributed by atoms with Gasteiger partial charge in [0.15, 0.2) is 0 Å². The van der Waals surface area contributed by atoms with Crippen molar-refractivity contribution in [3.05, 3.63) is 39.9 Å². The molecule has 1 fully saturated rings. The highest BCUT2D eigenvalue weighted by atomic mass is 35.5. The highest BCUT2D eigenvalue weighted by Gasteiger charge is 2.72. The van der Waals surface area contributed by atoms with E-state index in [0.29, 0.717) is 10.6 Å². The van der Waals surface area contributed by atoms with E-state index >= 15 is 0 Å². The molecule has 1 saturated carbocycles. The summed E-state index contributed by atoms with van der Waals surface area (Å²) >= 11 is 18.3. The van der Waals surface area contributed by atoms with E-state index in [2.05, 4.69) is 15.5 Å². The van der Waals surface area contributed by atoms with Gasteiger partial charge in [0.25, 0.3) is 0 Å². The van der Waals surface area contributed by atoms with Gasteiger partial charge in [0.1, 0.15) is 9.75 Å². The van der Waals surface area contributed by atoms with Crippen molar-refractivity contribution < 1.29 is 18.0 Å². The highest BCUT2D eigenvalue weighted by Crippen LogP contribution is 2.65. The standard InChI is InChI=1S/C13H7Cl3F3N3OS/c14-7-3-1-6(2-4-7)11(5-12(11,15)16)8(23)20-10-22-21-9(24-10)13(17,18)19/h1-4H,5H2,(H,20,22,23). The van der Waals surface area contributed by atoms with E-state index in [0.717, 1.165) is 0 Å². The third kappa shape index (κ3) is 2.96. The highest BCUT2D eigenvalue weighted by molar-refractivity contribution is 7.15. The Labute approximate surface area is 152 Å². The molecule has 1 heterocycles. The molecule has 128 valence electrons. The third-order valence-electron chi connectivity index (χ3n) is 3.60. The Morgan fingerprint density at radius 2 is 1.79 bits per heavy atom. The van der Waals surface area contributed by atoms with Gasteiger partial charge >= 0.3 is 6.18 Å². The fraction of sp³-hybridized carbons (Fsp3) is 0.308. The number of rotatable bonds is 3. The number of amides is 1. The largest absolute Gasteiger partial charge is 0.445 e. The number of anilines is 1. The monoisotopic (exact) mass is 415 g/mol. The summed E-state index contributed by atoms with van der Waals surface area (Å²) in [6.45, 7) is 0. The van der Waals surface area contributed by atoms with Gasteiger partial charge < -0.3 is 0 Å². The van der Waals surface area contributed by atoms with Gasteiger partial charge in [-0.2, -0.15) is 13.2 Å². The number of alkyl halides is 5. The first kappa shape index (κ1) is 17.7. The first-order valence-electron chi connectivity index (χ1n) is 6.42. The van der Waals surface area contributed by atoms with Crippen molar-refractivity contribution in [2.24, 2.45) is 0 Å². The summed E-state index contributed by atoms with van der Waals surface area (Å²) in [4.78, 5) is 12.6. The van der Waals surface area contributed by atoms with Crippen LogP contribution in [0.3, 0.4) is 0 Å². The molecule has 0 spiro atoms. The molecule has 1 unspecified atom stereocenters. The zero-order valence-electron chi connectivity index (χ0n) is 11.5. The zero-order valence-corrected chi connectivity index (χ0v) is 14.6. The Morgan fingerprint density at radius 1 is 1.21 bits per heavy atom. The molecule has 2 aromatic rings. The summed E-state index contributed by atoms with van der Waals surface area (Å²) in [5.74, 6) is -0.653. The van der Waals surface area contributed by atoms with Crippen molar-refractivity contribution in [2.45, 2.75) is 22.3 Å². The predicted molar refractivity (Wildman–Crippen MR) is 85.7 cm³/mol. The van der Waals surface area contributed by atoms with Crippen LogP contribution < -0.4 is 5.32 Å². The summed E-state index contributed by atoms with van der Waals surface area (Å²) in [5, 5.41) is 7.67. The molecule has 0 aliphatic heterocycles. The number of benzene rings is 1. The number of hydrogen-bond donors (Lipinski definition) is 1. The van der Waals surface area contributed by atoms with Crippen LogP contribution in [-0.2, 0) is 16.4 Å². The molecule has 3 rings (SSSR count). The smallest absolute Gasteiger partial charge is 0.300 e. The molecule has 11 heteroatoms. The molecule has 1 aliphatic rings. The molecule has 0 bridgehead atoms. The Balaban J connectivity index is 1.87. The Hall–Kier alpha value is -1.09. The number of aromatic nitrogens is 2. The second-order valence-corrected chi connectivity index (χ2v) is 8.06. The molecule has 1 aromatic carbocycles. The molecule has 4 nitrogen and oxygen atoms in total. The quantitative estimate of drug-likeness (QED) is 0.740. The fourth-order valence-electron chi connectivity index (χ4n) is 2.31. The van der Waals surface area contributed by atoms with Crippen molar-refractivity contribution >= 4 is 57.2 Å². The molecule has 1 aliphatic carbocycles. The number of nitrogens with zero attached hydrogens (tertiary/aromatic N) is 2. The van der Waals surface area contributed by atoms with Crippen molar-refractivity contribution in [2.75, 3.05) is 5.32 Å². The second-order valence-electron chi connectivity index (χ2n) is 5.16. The van der Waals surface area contributed by atoms with Gasteiger partial charge in [-0.05, 0) is 17.7 Å². The zero-order chi connectivity index (χ0) is 17.8. The average Bonchev–Trinajstić information content (AvgIpc) is 2.82. The molecule has 0 radical (unpaired) electrons. The van der Waals surface area contributed by atoms with Crippen LogP contribution in [0, 0.1) is 0 Å². The van der Waals surface area contributed by atoms with Crippen LogP contribution in [0.2, 0.25) is 5.02 Å². The molecule has 0 saturated heterocycles. The minimum Gasteiger partial charge on any atom is -0.300 e. The third-order valence-corrected chi connectivity index (χ3v) is 5.65. The van der Waals surface area contributed by atoms with Crippen LogP contribution >= 0.6 is 46.1 Å². The normalized spacial score (nSPS) is 22.2. The van der Waals surface area contributed by atoms with E-state index in [1.807, 2.05) is 0 Å². The van der Waals surface area contributed by atoms with Crippen LogP contribution in [0.5, 0.6) is 0 Å². The van der Waals surface area contributed by atoms with Crippen molar-refractivity contribution in [1.29, 1.82) is 0 Å². The number of nitrogens with one attached hydrogen (secondary N) is 1. The van der Waals surface area contributed by atoms with E-state index in [9.17, 15) is 18.0 Å². The molecule has 1 N–H and O–H groups in total. The molecule has 1 atom stereocenters. The van der Waals surface area contributed by atoms with Crippen molar-refractivity contribution in [3.8, 4) is 0 Å². The van der Waals surface area contributed by atoms with Gasteiger partial charge in [0.2, 0.25) is 16.0 Å². The van der Waals surface area contributed by atoms with Crippen molar-refractivity contribution in [3.63, 3.8) is 0 Å². The molecule has 24 heavy (non-hydrogen) atoms. The maximum absolute atomic E-state index is 12.6. The van der Waals surface area contributed by atoms with Gasteiger partial charge in [-0.15, -0.1) is 33.4 Å². The SMILES string of the molecule is O=C(Nc1nnc(C(F)(F)F)s1)C1(c2ccc(Cl)cc2)CC1(Cl)Cl. The van der Waals surface area contributed by atoms with Crippen LogP contribution in [0.4, 0.5) is 18.3 Å². The first-order chi connectivity index (χ1) is 11.1. The van der Waals surface area contributed by atoms with Crippen LogP contribution in [0.25, 0.3) is 0 Å². The second kappa shape index (κ2) is 5.72. The summed E-state index contributed by atoms with van der Waals surface area (Å²) in [6.07, 6.45) is -4.52. The topological polar surface area (TPSA) is 54.9 Å². The number of carbonyl (C=O) groups excluding carboxylic acids is 1. The fourth-order valence-corrected chi connectivity index (χ4v) is 3.83. The predicted octanol–water partition coefficient (Wildman–Crippen LogP) is 4.66. The Morgan fingerprint density at radius 3 is 2.25 bits per heavy atom. The molecule has 1 amide bonds. The lowest BCUT2D eigenvalue weighted by atomic mass is 9.95. The number of halogens is 6. The molecular formula is C13H7Cl3F3N3OS. The summed E-state index contributed by atoms with van der Waals surface area (Å²) in [6, 6.07) is 6.33. The van der Waals surface area contributed by atoms with Crippen LogP contribution in [0.1, 0.15) is 17.0 Å². The van der Waals surface area contributed by atoms with Gasteiger partial charge in [0, 0.05) is 11.4 Å². The average molecular weight is 417 g/mol. The maximum Gasteiger partial charge on any atom is 0.445 e. The summed E-state index contributed by atoms with van der Waals surface area (Å²) in [5.41, 5.74) is -0.778. The van der Waals surface area contributed by atoms with Crippen LogP contribution in [-0.4, -0.2) is 20.4 Å². The van der Waals surface area contributed by atoms with Gasteiger partial charge in [-0.25, -0.2) is 0 Å². The minimum absolute atomic E-state index is 0.113. The van der Waals surface area contributed by atoms with Gasteiger partial charge in [-0.3, -0.25) is 10.1 Å². The van der Waals surface area contributed by atoms with E-state index in [4.69, 9.17) is 34.8 Å². The molecule has 1 aromatic heterocycles. The first-order valence-corrected chi connectivity index (χ1v) is 8.37. The van der Waals surface area contributed by atoms with Gasteiger partial charge in [-0.1, -0.05) is 35.1 Å². The van der Waals surface area contributed by atoms with Crippen molar-refractivity contribution in [1.82, 2.24) is 10.2 Å². The van der Waals surface area contributed by atoms with E-state index in [1.165, 1.54) is 0 Å². The summed E-state index contributed by atoms with van der Waals surface area (Å²) in [7, 11) is 0. The Kier molecular flexibility index (Phi) is 4.23. The lowest BCUT2D eigenvalue weighted by Gasteiger charge is -2.17. The number of carbonyl (C=O) groups is 1. The number of hydrogen-bond acceptors (Lipinski definition) is 4. The maximum atomic E-state index is 12.6. The summed E-state index contributed by atoms with van der Waals surface area (Å²) < 4.78 is 36.3. The van der Waals surface area contributed by atoms with E-state index < -0.39 is 26.8 Å². The Bertz CT molecular complexity index is 794. The lowest BCUT2D eigenvalue weighted by Crippen LogP contribution is -2.32. The molecular weight excluding hydrogens is 410 g/mol. The minimum atomic E-state index is -4.63. The van der Waals surface area contributed by atoms with Crippen LogP contribution in [0.15, 0.2) is 24.3 Å². The van der Waals surface area contributed by atoms with E-state index in [1.54, 1.807) is 24.3 Å². The van der Waals surface area contributed by atoms with Gasteiger partial charge in [0.05, 0.1) is 0 Å².